The van der Waals surface area contributed by atoms with E-state index in [4.69, 9.17) is 18.9 Å². The van der Waals surface area contributed by atoms with Crippen molar-refractivity contribution in [2.75, 3.05) is 26.4 Å². The molecule has 6 unspecified atom stereocenters. The lowest BCUT2D eigenvalue weighted by atomic mass is 9.99. The molecule has 1 aliphatic rings. The first-order valence-electron chi connectivity index (χ1n) is 23.1. The predicted octanol–water partition coefficient (Wildman–Crippen LogP) is 10.4. The molecular formula is C47H86O9. The lowest BCUT2D eigenvalue weighted by Crippen LogP contribution is -2.59. The van der Waals surface area contributed by atoms with E-state index in [-0.39, 0.29) is 19.2 Å². The van der Waals surface area contributed by atoms with E-state index >= 15 is 0 Å². The zero-order chi connectivity index (χ0) is 40.7. The van der Waals surface area contributed by atoms with Gasteiger partial charge in [-0.2, -0.15) is 0 Å². The van der Waals surface area contributed by atoms with Gasteiger partial charge >= 0.3 is 5.97 Å². The molecule has 0 amide bonds. The molecule has 4 N–H and O–H groups in total. The van der Waals surface area contributed by atoms with Gasteiger partial charge in [0, 0.05) is 13.0 Å². The molecule has 0 saturated carbocycles. The average molecular weight is 795 g/mol. The quantitative estimate of drug-likeness (QED) is 0.0272. The topological polar surface area (TPSA) is 135 Å². The van der Waals surface area contributed by atoms with Crippen LogP contribution in [0.4, 0.5) is 0 Å². The molecule has 1 aliphatic heterocycles. The van der Waals surface area contributed by atoms with Crippen LogP contribution in [0.5, 0.6) is 0 Å². The molecule has 9 heteroatoms. The number of carbonyl (C=O) groups excluding carboxylic acids is 1. The molecule has 0 spiro atoms. The van der Waals surface area contributed by atoms with Crippen molar-refractivity contribution in [2.45, 2.75) is 230 Å². The largest absolute Gasteiger partial charge is 0.457 e. The van der Waals surface area contributed by atoms with Crippen LogP contribution in [0.3, 0.4) is 0 Å². The monoisotopic (exact) mass is 795 g/mol. The van der Waals surface area contributed by atoms with Crippen LogP contribution in [0.15, 0.2) is 36.5 Å². The number of ether oxygens (including phenoxy) is 4. The summed E-state index contributed by atoms with van der Waals surface area (Å²) in [5, 5.41) is 40.1. The van der Waals surface area contributed by atoms with Crippen molar-refractivity contribution < 1.29 is 44.2 Å². The Morgan fingerprint density at radius 3 is 1.59 bits per heavy atom. The molecule has 1 heterocycles. The summed E-state index contributed by atoms with van der Waals surface area (Å²) in [6.07, 6.45) is 38.8. The maximum Gasteiger partial charge on any atom is 0.306 e. The Kier molecular flexibility index (Phi) is 36.4. The highest BCUT2D eigenvalue weighted by molar-refractivity contribution is 5.69. The van der Waals surface area contributed by atoms with Crippen molar-refractivity contribution >= 4 is 5.97 Å². The van der Waals surface area contributed by atoms with E-state index in [2.05, 4.69) is 50.3 Å². The van der Waals surface area contributed by atoms with Gasteiger partial charge < -0.3 is 39.4 Å². The van der Waals surface area contributed by atoms with Crippen LogP contribution >= 0.6 is 0 Å². The molecule has 1 fully saturated rings. The molecule has 56 heavy (non-hydrogen) atoms. The average Bonchev–Trinajstić information content (AvgIpc) is 3.20. The number of aliphatic hydroxyl groups is 4. The fourth-order valence-electron chi connectivity index (χ4n) is 6.87. The summed E-state index contributed by atoms with van der Waals surface area (Å²) in [7, 11) is 0. The molecule has 328 valence electrons. The van der Waals surface area contributed by atoms with Gasteiger partial charge in [-0.1, -0.05) is 153 Å². The molecule has 0 bridgehead atoms. The maximum atomic E-state index is 12.8. The van der Waals surface area contributed by atoms with Gasteiger partial charge in [0.15, 0.2) is 6.29 Å². The summed E-state index contributed by atoms with van der Waals surface area (Å²) >= 11 is 0. The Hall–Kier alpha value is -1.59. The van der Waals surface area contributed by atoms with Crippen LogP contribution in [-0.2, 0) is 23.7 Å². The Labute approximate surface area is 342 Å². The van der Waals surface area contributed by atoms with Gasteiger partial charge in [-0.05, 0) is 70.6 Å². The van der Waals surface area contributed by atoms with Gasteiger partial charge in [0.05, 0.1) is 19.8 Å². The Morgan fingerprint density at radius 1 is 0.571 bits per heavy atom. The molecule has 0 aromatic heterocycles. The first-order valence-corrected chi connectivity index (χ1v) is 23.1. The summed E-state index contributed by atoms with van der Waals surface area (Å²) in [4.78, 5) is 12.8. The fourth-order valence-corrected chi connectivity index (χ4v) is 6.87. The number of hydrogen-bond acceptors (Lipinski definition) is 9. The highest BCUT2D eigenvalue weighted by Crippen LogP contribution is 2.22. The SMILES string of the molecule is CCCCC/C=C\C/C=C\CCCCCCCCCCOCC(COC1OC(CO)C(O)C(O)C1O)OC(=O)CCCCCCC/C=C\CCCCCCCC. The van der Waals surface area contributed by atoms with Gasteiger partial charge in [-0.15, -0.1) is 0 Å². The minimum atomic E-state index is -1.54. The van der Waals surface area contributed by atoms with Gasteiger partial charge in [-0.25, -0.2) is 0 Å². The second-order valence-corrected chi connectivity index (χ2v) is 15.8. The molecule has 6 atom stereocenters. The molecule has 0 aromatic carbocycles. The predicted molar refractivity (Wildman–Crippen MR) is 228 cm³/mol. The summed E-state index contributed by atoms with van der Waals surface area (Å²) in [5.41, 5.74) is 0. The number of unbranched alkanes of at least 4 members (excludes halogenated alkanes) is 22. The molecule has 0 aromatic rings. The van der Waals surface area contributed by atoms with E-state index < -0.39 is 43.4 Å². The van der Waals surface area contributed by atoms with Crippen LogP contribution < -0.4 is 0 Å². The van der Waals surface area contributed by atoms with Crippen molar-refractivity contribution in [3.63, 3.8) is 0 Å². The second-order valence-electron chi connectivity index (χ2n) is 15.8. The van der Waals surface area contributed by atoms with Gasteiger partial charge in [0.1, 0.15) is 30.5 Å². The Bertz CT molecular complexity index is 952. The molecule has 1 saturated heterocycles. The number of aliphatic hydroxyl groups excluding tert-OH is 4. The maximum absolute atomic E-state index is 12.8. The summed E-state index contributed by atoms with van der Waals surface area (Å²) in [6.45, 7) is 4.51. The second kappa shape index (κ2) is 38.9. The van der Waals surface area contributed by atoms with Crippen molar-refractivity contribution in [1.82, 2.24) is 0 Å². The lowest BCUT2D eigenvalue weighted by Gasteiger charge is -2.39. The van der Waals surface area contributed by atoms with E-state index in [9.17, 15) is 25.2 Å². The molecule has 0 aliphatic carbocycles. The number of allylic oxidation sites excluding steroid dienone is 6. The van der Waals surface area contributed by atoms with Gasteiger partial charge in [0.25, 0.3) is 0 Å². The van der Waals surface area contributed by atoms with Crippen LogP contribution in [0, 0.1) is 0 Å². The van der Waals surface area contributed by atoms with E-state index in [1.54, 1.807) is 0 Å². The number of hydrogen-bond donors (Lipinski definition) is 4. The zero-order valence-corrected chi connectivity index (χ0v) is 35.9. The standard InChI is InChI=1S/C47H86O9/c1-3-5-7-9-11-13-15-17-19-20-21-23-25-27-29-31-33-35-37-53-39-41(40-54-47-46(52)45(51)44(50)42(38-48)56-47)55-43(49)36-34-32-30-28-26-24-22-18-16-14-12-10-8-6-4-2/h11,13,17-19,22,41-42,44-48,50-52H,3-10,12,14-16,20-21,23-40H2,1-2H3/b13-11-,19-17-,22-18-. The third kappa shape index (κ3) is 29.6. The Morgan fingerprint density at radius 2 is 1.04 bits per heavy atom. The lowest BCUT2D eigenvalue weighted by molar-refractivity contribution is -0.305. The summed E-state index contributed by atoms with van der Waals surface area (Å²) in [5.74, 6) is -0.324. The van der Waals surface area contributed by atoms with Crippen LogP contribution in [-0.4, -0.2) is 89.6 Å². The summed E-state index contributed by atoms with van der Waals surface area (Å²) < 4.78 is 22.8. The Balaban J connectivity index is 2.26. The van der Waals surface area contributed by atoms with Crippen molar-refractivity contribution in [3.8, 4) is 0 Å². The first kappa shape index (κ1) is 52.4. The van der Waals surface area contributed by atoms with Crippen molar-refractivity contribution in [3.05, 3.63) is 36.5 Å². The normalized spacial score (nSPS) is 20.9. The van der Waals surface area contributed by atoms with Gasteiger partial charge in [0.2, 0.25) is 0 Å². The zero-order valence-electron chi connectivity index (χ0n) is 35.9. The minimum Gasteiger partial charge on any atom is -0.457 e. The van der Waals surface area contributed by atoms with Crippen molar-refractivity contribution in [2.24, 2.45) is 0 Å². The summed E-state index contributed by atoms with van der Waals surface area (Å²) in [6, 6.07) is 0. The molecule has 1 rings (SSSR count). The van der Waals surface area contributed by atoms with Crippen LogP contribution in [0.2, 0.25) is 0 Å². The smallest absolute Gasteiger partial charge is 0.306 e. The first-order chi connectivity index (χ1) is 27.4. The number of rotatable bonds is 39. The highest BCUT2D eigenvalue weighted by Gasteiger charge is 2.44. The third-order valence-corrected chi connectivity index (χ3v) is 10.5. The molecule has 9 nitrogen and oxygen atoms in total. The van der Waals surface area contributed by atoms with Crippen molar-refractivity contribution in [1.29, 1.82) is 0 Å². The third-order valence-electron chi connectivity index (χ3n) is 10.5. The highest BCUT2D eigenvalue weighted by atomic mass is 16.7. The number of esters is 1. The fraction of sp³-hybridized carbons (Fsp3) is 0.851. The van der Waals surface area contributed by atoms with Crippen LogP contribution in [0.25, 0.3) is 0 Å². The van der Waals surface area contributed by atoms with Gasteiger partial charge in [-0.3, -0.25) is 4.79 Å². The number of carbonyl (C=O) groups is 1. The minimum absolute atomic E-state index is 0.118. The van der Waals surface area contributed by atoms with E-state index in [1.165, 1.54) is 122 Å². The van der Waals surface area contributed by atoms with Crippen LogP contribution in [0.1, 0.15) is 194 Å². The molecule has 0 radical (unpaired) electrons. The van der Waals surface area contributed by atoms with E-state index in [0.29, 0.717) is 13.0 Å². The van der Waals surface area contributed by atoms with E-state index in [0.717, 1.165) is 51.4 Å². The van der Waals surface area contributed by atoms with E-state index in [1.807, 2.05) is 0 Å². The molecular weight excluding hydrogens is 709 g/mol.